The molecule has 0 saturated carbocycles. The van der Waals surface area contributed by atoms with E-state index >= 15 is 0 Å². The summed E-state index contributed by atoms with van der Waals surface area (Å²) in [6, 6.07) is 0. The fraction of sp³-hybridized carbons (Fsp3) is 0.455. The summed E-state index contributed by atoms with van der Waals surface area (Å²) in [7, 11) is 1.50. The molecule has 0 bridgehead atoms. The molecule has 112 valence electrons. The maximum atomic E-state index is 11.8. The second-order valence-electron chi connectivity index (χ2n) is 4.53. The molecule has 3 heterocycles. The van der Waals surface area contributed by atoms with Gasteiger partial charge in [-0.15, -0.1) is 0 Å². The van der Waals surface area contributed by atoms with Crippen LogP contribution in [0.4, 0.5) is 0 Å². The molecule has 10 heteroatoms. The van der Waals surface area contributed by atoms with Crippen LogP contribution in [0.1, 0.15) is 4.94 Å². The summed E-state index contributed by atoms with van der Waals surface area (Å²) in [5.74, 6) is -0.277. The standard InChI is InChI=1S/C11H12ClN5O3Se/c1-13-10(20)7-5(18)6(19)11(21-7)17-3-16-4-8(12)14-2-15-9(4)17/h2-3,5-7,11,18-19H,1H3,(H,13,20)/t5-,6+,7+,11+/m0/s1. The van der Waals surface area contributed by atoms with Crippen LogP contribution in [0.25, 0.3) is 11.2 Å². The van der Waals surface area contributed by atoms with Gasteiger partial charge >= 0.3 is 130 Å². The number of rotatable bonds is 2. The van der Waals surface area contributed by atoms with Gasteiger partial charge in [-0.25, -0.2) is 0 Å². The van der Waals surface area contributed by atoms with E-state index in [4.69, 9.17) is 11.6 Å². The number of aliphatic hydroxyl groups is 2. The Morgan fingerprint density at radius 3 is 2.86 bits per heavy atom. The number of hydrogen-bond acceptors (Lipinski definition) is 6. The van der Waals surface area contributed by atoms with Crippen molar-refractivity contribution in [2.24, 2.45) is 0 Å². The molecule has 0 spiro atoms. The molecule has 0 unspecified atom stereocenters. The zero-order chi connectivity index (χ0) is 15.1. The van der Waals surface area contributed by atoms with Gasteiger partial charge in [-0.2, -0.15) is 0 Å². The molecule has 0 radical (unpaired) electrons. The second-order valence-corrected chi connectivity index (χ2v) is 7.54. The van der Waals surface area contributed by atoms with Gasteiger partial charge in [0, 0.05) is 0 Å². The van der Waals surface area contributed by atoms with Crippen molar-refractivity contribution in [2.75, 3.05) is 7.05 Å². The Bertz CT molecular complexity index is 696. The van der Waals surface area contributed by atoms with E-state index in [1.807, 2.05) is 0 Å². The van der Waals surface area contributed by atoms with Gasteiger partial charge in [-0.3, -0.25) is 0 Å². The summed E-state index contributed by atoms with van der Waals surface area (Å²) in [5.41, 5.74) is 0.908. The van der Waals surface area contributed by atoms with Gasteiger partial charge in [0.2, 0.25) is 0 Å². The molecular weight excluding hydrogens is 365 g/mol. The Labute approximate surface area is 130 Å². The third kappa shape index (κ3) is 2.31. The van der Waals surface area contributed by atoms with Crippen molar-refractivity contribution in [1.29, 1.82) is 0 Å². The van der Waals surface area contributed by atoms with Crippen LogP contribution in [0.2, 0.25) is 9.97 Å². The van der Waals surface area contributed by atoms with Crippen LogP contribution < -0.4 is 5.32 Å². The first-order chi connectivity index (χ1) is 10.0. The van der Waals surface area contributed by atoms with Crippen molar-refractivity contribution in [3.8, 4) is 0 Å². The number of halogens is 1. The van der Waals surface area contributed by atoms with Crippen LogP contribution in [0, 0.1) is 0 Å². The molecule has 2 aromatic rings. The fourth-order valence-corrected chi connectivity index (χ4v) is 5.52. The molecule has 4 atom stereocenters. The molecule has 8 nitrogen and oxygen atoms in total. The van der Waals surface area contributed by atoms with E-state index in [-0.39, 0.29) is 26.0 Å². The Morgan fingerprint density at radius 2 is 2.14 bits per heavy atom. The fourth-order valence-electron chi connectivity index (χ4n) is 2.26. The van der Waals surface area contributed by atoms with Crippen LogP contribution in [0.15, 0.2) is 12.7 Å². The third-order valence-electron chi connectivity index (χ3n) is 3.33. The summed E-state index contributed by atoms with van der Waals surface area (Å²) >= 11 is 5.59. The van der Waals surface area contributed by atoms with Gasteiger partial charge in [-0.05, 0) is 0 Å². The van der Waals surface area contributed by atoms with Crippen molar-refractivity contribution < 1.29 is 15.0 Å². The third-order valence-corrected chi connectivity index (χ3v) is 6.90. The van der Waals surface area contributed by atoms with Crippen molar-refractivity contribution in [3.63, 3.8) is 0 Å². The predicted molar refractivity (Wildman–Crippen MR) is 75.0 cm³/mol. The first kappa shape index (κ1) is 14.7. The Morgan fingerprint density at radius 1 is 1.38 bits per heavy atom. The van der Waals surface area contributed by atoms with E-state index in [1.54, 1.807) is 4.57 Å². The number of nitrogens with zero attached hydrogens (tertiary/aromatic N) is 4. The number of aliphatic hydroxyl groups excluding tert-OH is 2. The summed E-state index contributed by atoms with van der Waals surface area (Å²) in [6.45, 7) is 0. The summed E-state index contributed by atoms with van der Waals surface area (Å²) < 4.78 is 1.65. The monoisotopic (exact) mass is 377 g/mol. The van der Waals surface area contributed by atoms with Gasteiger partial charge in [0.05, 0.1) is 0 Å². The zero-order valence-electron chi connectivity index (χ0n) is 10.8. The first-order valence-electron chi connectivity index (χ1n) is 6.11. The van der Waals surface area contributed by atoms with Gasteiger partial charge in [0.15, 0.2) is 0 Å². The maximum absolute atomic E-state index is 11.8. The Kier molecular flexibility index (Phi) is 3.85. The molecule has 1 aliphatic rings. The molecule has 1 saturated heterocycles. The zero-order valence-corrected chi connectivity index (χ0v) is 13.3. The van der Waals surface area contributed by atoms with Crippen LogP contribution in [-0.4, -0.2) is 69.9 Å². The average Bonchev–Trinajstić information content (AvgIpc) is 3.02. The van der Waals surface area contributed by atoms with Crippen LogP contribution in [-0.2, 0) is 4.79 Å². The molecule has 0 aromatic carbocycles. The number of amides is 1. The SMILES string of the molecule is CNC(=O)[C@@H]1[Se][C@@H](n2cnc3c(Cl)ncnc32)[C@H](O)[C@@H]1O. The number of hydrogen-bond donors (Lipinski definition) is 3. The first-order valence-corrected chi connectivity index (χ1v) is 8.46. The quantitative estimate of drug-likeness (QED) is 0.455. The van der Waals surface area contributed by atoms with Crippen molar-refractivity contribution in [2.45, 2.75) is 22.0 Å². The summed E-state index contributed by atoms with van der Waals surface area (Å²) in [5, 5.41) is 23.0. The number of nitrogens with one attached hydrogen (secondary N) is 1. The molecule has 2 aromatic heterocycles. The number of carbonyl (C=O) groups is 1. The number of imidazole rings is 1. The molecule has 3 N–H and O–H groups in total. The van der Waals surface area contributed by atoms with Crippen molar-refractivity contribution in [3.05, 3.63) is 17.8 Å². The van der Waals surface area contributed by atoms with E-state index in [1.165, 1.54) is 19.7 Å². The van der Waals surface area contributed by atoms with E-state index in [0.29, 0.717) is 11.2 Å². The second kappa shape index (κ2) is 5.51. The number of aromatic nitrogens is 4. The summed E-state index contributed by atoms with van der Waals surface area (Å²) in [6.07, 6.45) is 0.645. The molecule has 1 aliphatic heterocycles. The molecule has 1 amide bonds. The average molecular weight is 377 g/mol. The van der Waals surface area contributed by atoms with E-state index in [0.717, 1.165) is 0 Å². The number of fused-ring (bicyclic) bond motifs is 1. The minimum absolute atomic E-state index is 0.224. The van der Waals surface area contributed by atoms with Crippen molar-refractivity contribution >= 4 is 43.6 Å². The normalized spacial score (nSPS) is 29.0. The topological polar surface area (TPSA) is 113 Å². The Balaban J connectivity index is 2.00. The van der Waals surface area contributed by atoms with E-state index < -0.39 is 22.0 Å². The predicted octanol–water partition coefficient (Wildman–Crippen LogP) is -1.05. The molecular formula is C11H12ClN5O3Se. The van der Waals surface area contributed by atoms with E-state index in [2.05, 4.69) is 20.3 Å². The minimum atomic E-state index is -1.11. The number of carbonyl (C=O) groups excluding carboxylic acids is 1. The molecule has 21 heavy (non-hydrogen) atoms. The molecule has 1 fully saturated rings. The van der Waals surface area contributed by atoms with Crippen LogP contribution >= 0.6 is 11.6 Å². The van der Waals surface area contributed by atoms with Crippen LogP contribution in [0.5, 0.6) is 0 Å². The van der Waals surface area contributed by atoms with Gasteiger partial charge < -0.3 is 0 Å². The molecule has 0 aliphatic carbocycles. The van der Waals surface area contributed by atoms with E-state index in [9.17, 15) is 15.0 Å². The van der Waals surface area contributed by atoms with Gasteiger partial charge in [0.25, 0.3) is 0 Å². The summed E-state index contributed by atoms with van der Waals surface area (Å²) in [4.78, 5) is 22.8. The van der Waals surface area contributed by atoms with Gasteiger partial charge in [0.1, 0.15) is 0 Å². The van der Waals surface area contributed by atoms with Crippen molar-refractivity contribution in [1.82, 2.24) is 24.8 Å². The molecule has 3 rings (SSSR count). The van der Waals surface area contributed by atoms with Gasteiger partial charge in [-0.1, -0.05) is 0 Å². The Hall–Kier alpha value is -1.25. The van der Waals surface area contributed by atoms with Crippen LogP contribution in [0.3, 0.4) is 0 Å².